The summed E-state index contributed by atoms with van der Waals surface area (Å²) in [5, 5.41) is 9.49. The summed E-state index contributed by atoms with van der Waals surface area (Å²) in [5.74, 6) is -0.0185. The number of nitrogens with zero attached hydrogens (tertiary/aromatic N) is 4. The average Bonchev–Trinajstić information content (AvgIpc) is 3.36. The first-order valence-electron chi connectivity index (χ1n) is 10.3. The molecule has 0 unspecified atom stereocenters. The van der Waals surface area contributed by atoms with Crippen molar-refractivity contribution in [1.82, 2.24) is 19.9 Å². The third-order valence-electron chi connectivity index (χ3n) is 5.92. The van der Waals surface area contributed by atoms with Gasteiger partial charge in [-0.15, -0.1) is 5.10 Å². The van der Waals surface area contributed by atoms with Gasteiger partial charge in [0.05, 0.1) is 50.6 Å². The Balaban J connectivity index is 1.35. The minimum atomic E-state index is -0.0185. The van der Waals surface area contributed by atoms with Gasteiger partial charge in [0.15, 0.2) is 5.69 Å². The van der Waals surface area contributed by atoms with E-state index in [1.165, 1.54) is 43.8 Å². The van der Waals surface area contributed by atoms with Gasteiger partial charge in [-0.3, -0.25) is 4.79 Å². The topological polar surface area (TPSA) is 59.9 Å². The lowest BCUT2D eigenvalue weighted by Gasteiger charge is -2.32. The predicted molar refractivity (Wildman–Crippen MR) is 107 cm³/mol. The Hall–Kier alpha value is -1.96. The van der Waals surface area contributed by atoms with Gasteiger partial charge in [-0.2, -0.15) is 9.90 Å². The number of likely N-dealkylation sites (tertiary alicyclic amines) is 1. The van der Waals surface area contributed by atoms with E-state index in [0.29, 0.717) is 16.4 Å². The van der Waals surface area contributed by atoms with Crippen molar-refractivity contribution < 1.29 is 14.6 Å². The maximum absolute atomic E-state index is 13.0. The number of aryl methyl sites for hydroxylation is 1. The zero-order chi connectivity index (χ0) is 19.5. The molecule has 0 atom stereocenters. The van der Waals surface area contributed by atoms with Crippen molar-refractivity contribution in [1.29, 1.82) is 0 Å². The third-order valence-corrected chi connectivity index (χ3v) is 6.16. The number of quaternary nitrogens is 2. The largest absolute Gasteiger partial charge is 0.330 e. The first kappa shape index (κ1) is 19.4. The zero-order valence-electron chi connectivity index (χ0n) is 16.5. The quantitative estimate of drug-likeness (QED) is 0.689. The average molecular weight is 405 g/mol. The number of hydrogen-bond donors (Lipinski definition) is 2. The molecule has 150 valence electrons. The maximum atomic E-state index is 13.0. The molecule has 2 fully saturated rings. The van der Waals surface area contributed by atoms with Crippen LogP contribution < -0.4 is 9.80 Å². The summed E-state index contributed by atoms with van der Waals surface area (Å²) in [6.07, 6.45) is 2.75. The standard InChI is InChI=1S/C20H27ClN6O/c1-16-19(23-27(22-16)18-6-4-5-17(21)15-18)20(28)26-13-11-25(12-14-26)10-9-24-7-2-3-8-24/h4-6,15H,2-3,7-14H2,1H3/p+2. The van der Waals surface area contributed by atoms with Crippen LogP contribution in [0.1, 0.15) is 29.0 Å². The van der Waals surface area contributed by atoms with Gasteiger partial charge in [-0.25, -0.2) is 0 Å². The van der Waals surface area contributed by atoms with Crippen LogP contribution in [0.3, 0.4) is 0 Å². The van der Waals surface area contributed by atoms with Crippen LogP contribution in [0.25, 0.3) is 5.69 Å². The lowest BCUT2D eigenvalue weighted by molar-refractivity contribution is -0.954. The molecule has 2 aromatic rings. The number of benzene rings is 1. The summed E-state index contributed by atoms with van der Waals surface area (Å²) in [6, 6.07) is 7.33. The number of carbonyl (C=O) groups is 1. The molecule has 2 N–H and O–H groups in total. The minimum Gasteiger partial charge on any atom is -0.330 e. The number of aromatic nitrogens is 3. The van der Waals surface area contributed by atoms with Crippen LogP contribution in [-0.2, 0) is 0 Å². The van der Waals surface area contributed by atoms with Crippen LogP contribution in [0.5, 0.6) is 0 Å². The first-order chi connectivity index (χ1) is 13.6. The fraction of sp³-hybridized carbons (Fsp3) is 0.550. The van der Waals surface area contributed by atoms with Crippen molar-refractivity contribution in [2.75, 3.05) is 52.4 Å². The Kier molecular flexibility index (Phi) is 5.94. The highest BCUT2D eigenvalue weighted by atomic mass is 35.5. The second-order valence-corrected chi connectivity index (χ2v) is 8.34. The van der Waals surface area contributed by atoms with Gasteiger partial charge in [0.25, 0.3) is 5.91 Å². The SMILES string of the molecule is Cc1nn(-c2cccc(Cl)c2)nc1C(=O)N1CC[NH+](CC[NH+]2CCCC2)CC1. The molecular weight excluding hydrogens is 376 g/mol. The Morgan fingerprint density at radius 2 is 1.75 bits per heavy atom. The van der Waals surface area contributed by atoms with E-state index in [9.17, 15) is 4.79 Å². The smallest absolute Gasteiger partial charge is 0.276 e. The molecule has 0 spiro atoms. The van der Waals surface area contributed by atoms with Gasteiger partial charge in [-0.05, 0) is 25.1 Å². The van der Waals surface area contributed by atoms with E-state index in [-0.39, 0.29) is 5.91 Å². The molecule has 1 aromatic heterocycles. The molecule has 0 saturated carbocycles. The lowest BCUT2D eigenvalue weighted by Crippen LogP contribution is -3.21. The van der Waals surface area contributed by atoms with E-state index in [1.54, 1.807) is 21.9 Å². The number of rotatable bonds is 5. The van der Waals surface area contributed by atoms with E-state index in [4.69, 9.17) is 11.6 Å². The van der Waals surface area contributed by atoms with E-state index in [0.717, 1.165) is 31.9 Å². The number of carbonyl (C=O) groups excluding carboxylic acids is 1. The molecule has 2 aliphatic heterocycles. The number of hydrogen-bond acceptors (Lipinski definition) is 3. The van der Waals surface area contributed by atoms with Crippen molar-refractivity contribution in [3.63, 3.8) is 0 Å². The highest BCUT2D eigenvalue weighted by Gasteiger charge is 2.28. The molecule has 2 saturated heterocycles. The van der Waals surface area contributed by atoms with Crippen molar-refractivity contribution in [3.05, 3.63) is 40.7 Å². The summed E-state index contributed by atoms with van der Waals surface area (Å²) in [5.41, 5.74) is 1.84. The zero-order valence-corrected chi connectivity index (χ0v) is 17.2. The van der Waals surface area contributed by atoms with Crippen molar-refractivity contribution >= 4 is 17.5 Å². The first-order valence-corrected chi connectivity index (χ1v) is 10.6. The Morgan fingerprint density at radius 3 is 2.43 bits per heavy atom. The van der Waals surface area contributed by atoms with E-state index in [2.05, 4.69) is 10.2 Å². The van der Waals surface area contributed by atoms with Crippen molar-refractivity contribution in [2.45, 2.75) is 19.8 Å². The molecule has 3 heterocycles. The van der Waals surface area contributed by atoms with Crippen LogP contribution in [-0.4, -0.2) is 78.2 Å². The molecule has 1 amide bonds. The van der Waals surface area contributed by atoms with Gasteiger partial charge in [-0.1, -0.05) is 17.7 Å². The molecule has 0 radical (unpaired) electrons. The molecule has 0 aliphatic carbocycles. The second kappa shape index (κ2) is 8.59. The third kappa shape index (κ3) is 4.37. The fourth-order valence-electron chi connectivity index (χ4n) is 4.20. The van der Waals surface area contributed by atoms with Gasteiger partial charge in [0.2, 0.25) is 0 Å². The molecule has 0 bridgehead atoms. The lowest BCUT2D eigenvalue weighted by atomic mass is 10.2. The van der Waals surface area contributed by atoms with Gasteiger partial charge >= 0.3 is 0 Å². The van der Waals surface area contributed by atoms with Crippen LogP contribution in [0.2, 0.25) is 5.02 Å². The Bertz CT molecular complexity index is 824. The molecule has 1 aromatic carbocycles. The molecule has 8 heteroatoms. The predicted octanol–water partition coefficient (Wildman–Crippen LogP) is -0.751. The molecule has 7 nitrogen and oxygen atoms in total. The van der Waals surface area contributed by atoms with E-state index < -0.39 is 0 Å². The minimum absolute atomic E-state index is 0.0185. The van der Waals surface area contributed by atoms with Gasteiger partial charge in [0, 0.05) is 17.9 Å². The van der Waals surface area contributed by atoms with Crippen LogP contribution in [0.4, 0.5) is 0 Å². The molecular formula is C20H29ClN6O+2. The Labute approximate surface area is 170 Å². The summed E-state index contributed by atoms with van der Waals surface area (Å²) < 4.78 is 0. The number of piperazine rings is 1. The van der Waals surface area contributed by atoms with Gasteiger partial charge in [0.1, 0.15) is 13.1 Å². The second-order valence-electron chi connectivity index (χ2n) is 7.90. The number of nitrogens with one attached hydrogen (secondary N) is 2. The summed E-state index contributed by atoms with van der Waals surface area (Å²) in [6.45, 7) is 10.6. The van der Waals surface area contributed by atoms with Crippen LogP contribution in [0.15, 0.2) is 24.3 Å². The monoisotopic (exact) mass is 404 g/mol. The fourth-order valence-corrected chi connectivity index (χ4v) is 4.38. The molecule has 4 rings (SSSR count). The maximum Gasteiger partial charge on any atom is 0.276 e. The summed E-state index contributed by atoms with van der Waals surface area (Å²) in [4.78, 5) is 19.8. The summed E-state index contributed by atoms with van der Waals surface area (Å²) in [7, 11) is 0. The van der Waals surface area contributed by atoms with Gasteiger partial charge < -0.3 is 14.7 Å². The normalized spacial score (nSPS) is 18.7. The highest BCUT2D eigenvalue weighted by molar-refractivity contribution is 6.30. The summed E-state index contributed by atoms with van der Waals surface area (Å²) >= 11 is 6.06. The van der Waals surface area contributed by atoms with Crippen LogP contribution >= 0.6 is 11.6 Å². The van der Waals surface area contributed by atoms with E-state index in [1.807, 2.05) is 24.0 Å². The highest BCUT2D eigenvalue weighted by Crippen LogP contribution is 2.15. The number of halogens is 1. The molecule has 28 heavy (non-hydrogen) atoms. The molecule has 2 aliphatic rings. The van der Waals surface area contributed by atoms with Crippen LogP contribution in [0, 0.1) is 6.92 Å². The Morgan fingerprint density at radius 1 is 1.07 bits per heavy atom. The number of amides is 1. The van der Waals surface area contributed by atoms with E-state index >= 15 is 0 Å². The van der Waals surface area contributed by atoms with Crippen molar-refractivity contribution in [3.8, 4) is 5.69 Å². The van der Waals surface area contributed by atoms with Crippen molar-refractivity contribution in [2.24, 2.45) is 0 Å².